The fourth-order valence-electron chi connectivity index (χ4n) is 2.05. The Morgan fingerprint density at radius 1 is 1.29 bits per heavy atom. The highest BCUT2D eigenvalue weighted by molar-refractivity contribution is 5.67. The van der Waals surface area contributed by atoms with Crippen LogP contribution in [0.1, 0.15) is 35.7 Å². The van der Waals surface area contributed by atoms with Gasteiger partial charge in [0.05, 0.1) is 0 Å². The van der Waals surface area contributed by atoms with E-state index in [4.69, 9.17) is 5.73 Å². The van der Waals surface area contributed by atoms with E-state index in [1.165, 1.54) is 24.0 Å². The largest absolute Gasteiger partial charge is 0.399 e. The summed E-state index contributed by atoms with van der Waals surface area (Å²) in [5.41, 5.74) is 10.0. The molecule has 88 valence electrons. The van der Waals surface area contributed by atoms with Crippen LogP contribution >= 0.6 is 0 Å². The van der Waals surface area contributed by atoms with Crippen LogP contribution in [0.2, 0.25) is 0 Å². The molecule has 0 bridgehead atoms. The Morgan fingerprint density at radius 2 is 2.06 bits per heavy atom. The van der Waals surface area contributed by atoms with Crippen LogP contribution in [0, 0.1) is 13.8 Å². The van der Waals surface area contributed by atoms with Crippen molar-refractivity contribution in [2.75, 3.05) is 5.73 Å². The maximum atomic E-state index is 5.88. The monoisotopic (exact) mass is 228 g/mol. The number of aromatic nitrogens is 3. The highest BCUT2D eigenvalue weighted by Crippen LogP contribution is 2.38. The number of H-pyrrole nitrogens is 1. The van der Waals surface area contributed by atoms with Gasteiger partial charge in [0.15, 0.2) is 5.82 Å². The van der Waals surface area contributed by atoms with E-state index in [0.717, 1.165) is 22.9 Å². The summed E-state index contributed by atoms with van der Waals surface area (Å²) in [4.78, 5) is 4.56. The fraction of sp³-hybridized carbons (Fsp3) is 0.385. The molecule has 0 unspecified atom stereocenters. The van der Waals surface area contributed by atoms with E-state index in [9.17, 15) is 0 Å². The lowest BCUT2D eigenvalue weighted by Gasteiger charge is -2.06. The first-order chi connectivity index (χ1) is 8.15. The Morgan fingerprint density at radius 3 is 2.76 bits per heavy atom. The van der Waals surface area contributed by atoms with Crippen LogP contribution in [0.4, 0.5) is 5.69 Å². The minimum atomic E-state index is 0.596. The molecule has 1 aromatic carbocycles. The van der Waals surface area contributed by atoms with E-state index in [0.29, 0.717) is 5.92 Å². The molecule has 1 aliphatic rings. The van der Waals surface area contributed by atoms with Crippen molar-refractivity contribution >= 4 is 5.69 Å². The second-order valence-electron chi connectivity index (χ2n) is 4.83. The highest BCUT2D eigenvalue weighted by Gasteiger charge is 2.27. The second kappa shape index (κ2) is 3.58. The molecule has 0 spiro atoms. The number of nitrogens with one attached hydrogen (secondary N) is 1. The number of aryl methyl sites for hydroxylation is 1. The molecule has 3 rings (SSSR count). The molecular formula is C13H16N4. The summed E-state index contributed by atoms with van der Waals surface area (Å²) in [7, 11) is 0. The van der Waals surface area contributed by atoms with Gasteiger partial charge in [0.2, 0.25) is 0 Å². The molecule has 0 saturated heterocycles. The quantitative estimate of drug-likeness (QED) is 0.776. The third-order valence-electron chi connectivity index (χ3n) is 3.40. The van der Waals surface area contributed by atoms with E-state index >= 15 is 0 Å². The molecule has 3 N–H and O–H groups in total. The summed E-state index contributed by atoms with van der Waals surface area (Å²) in [6, 6.07) is 3.93. The Bertz CT molecular complexity index is 567. The molecule has 0 atom stereocenters. The van der Waals surface area contributed by atoms with Crippen LogP contribution < -0.4 is 5.73 Å². The molecular weight excluding hydrogens is 212 g/mol. The number of hydrogen-bond donors (Lipinski definition) is 2. The van der Waals surface area contributed by atoms with Crippen LogP contribution in [0.5, 0.6) is 0 Å². The lowest BCUT2D eigenvalue weighted by molar-refractivity contribution is 0.935. The third kappa shape index (κ3) is 1.79. The van der Waals surface area contributed by atoms with Crippen molar-refractivity contribution in [3.63, 3.8) is 0 Å². The first-order valence-corrected chi connectivity index (χ1v) is 5.94. The number of anilines is 1. The highest BCUT2D eigenvalue weighted by atomic mass is 15.2. The Balaban J connectivity index is 2.07. The maximum absolute atomic E-state index is 5.88. The van der Waals surface area contributed by atoms with Crippen molar-refractivity contribution < 1.29 is 0 Å². The summed E-state index contributed by atoms with van der Waals surface area (Å²) < 4.78 is 0. The molecule has 1 aromatic heterocycles. The molecule has 0 amide bonds. The Labute approximate surface area is 100 Å². The molecule has 4 heteroatoms. The van der Waals surface area contributed by atoms with E-state index in [-0.39, 0.29) is 0 Å². The average Bonchev–Trinajstić information content (AvgIpc) is 3.02. The van der Waals surface area contributed by atoms with Crippen molar-refractivity contribution in [3.8, 4) is 11.4 Å². The molecule has 1 saturated carbocycles. The SMILES string of the molecule is Cc1cc(N)cc(-c2n[nH]c(C3CC3)n2)c1C. The van der Waals surface area contributed by atoms with Crippen LogP contribution in [-0.2, 0) is 0 Å². The number of nitrogens with zero attached hydrogens (tertiary/aromatic N) is 2. The first kappa shape index (κ1) is 10.3. The summed E-state index contributed by atoms with van der Waals surface area (Å²) >= 11 is 0. The molecule has 4 nitrogen and oxygen atoms in total. The average molecular weight is 228 g/mol. The lowest BCUT2D eigenvalue weighted by Crippen LogP contribution is -1.94. The van der Waals surface area contributed by atoms with Crippen LogP contribution in [0.3, 0.4) is 0 Å². The normalized spacial score (nSPS) is 15.2. The zero-order valence-electron chi connectivity index (χ0n) is 10.1. The molecule has 1 fully saturated rings. The summed E-state index contributed by atoms with van der Waals surface area (Å²) in [5.74, 6) is 2.37. The van der Waals surface area contributed by atoms with Gasteiger partial charge in [0.1, 0.15) is 5.82 Å². The smallest absolute Gasteiger partial charge is 0.181 e. The molecule has 2 aromatic rings. The van der Waals surface area contributed by atoms with E-state index < -0.39 is 0 Å². The second-order valence-corrected chi connectivity index (χ2v) is 4.83. The van der Waals surface area contributed by atoms with Gasteiger partial charge in [-0.25, -0.2) is 4.98 Å². The van der Waals surface area contributed by atoms with Gasteiger partial charge in [0, 0.05) is 17.2 Å². The van der Waals surface area contributed by atoms with Crippen molar-refractivity contribution in [2.45, 2.75) is 32.6 Å². The lowest BCUT2D eigenvalue weighted by atomic mass is 10.0. The van der Waals surface area contributed by atoms with E-state index in [1.807, 2.05) is 12.1 Å². The minimum absolute atomic E-state index is 0.596. The Hall–Kier alpha value is -1.84. The maximum Gasteiger partial charge on any atom is 0.181 e. The molecule has 0 radical (unpaired) electrons. The molecule has 1 aliphatic carbocycles. The van der Waals surface area contributed by atoms with E-state index in [2.05, 4.69) is 29.0 Å². The number of benzene rings is 1. The van der Waals surface area contributed by atoms with Crippen LogP contribution in [0.15, 0.2) is 12.1 Å². The zero-order valence-corrected chi connectivity index (χ0v) is 10.1. The van der Waals surface area contributed by atoms with Crippen LogP contribution in [0.25, 0.3) is 11.4 Å². The molecule has 1 heterocycles. The predicted molar refractivity (Wildman–Crippen MR) is 67.7 cm³/mol. The standard InChI is InChI=1S/C13H16N4/c1-7-5-10(14)6-11(8(7)2)13-15-12(16-17-13)9-3-4-9/h5-6,9H,3-4,14H2,1-2H3,(H,15,16,17). The van der Waals surface area contributed by atoms with Crippen molar-refractivity contribution in [1.29, 1.82) is 0 Å². The number of nitrogens with two attached hydrogens (primary N) is 1. The zero-order chi connectivity index (χ0) is 12.0. The number of nitrogen functional groups attached to an aromatic ring is 1. The molecule has 17 heavy (non-hydrogen) atoms. The first-order valence-electron chi connectivity index (χ1n) is 5.94. The summed E-state index contributed by atoms with van der Waals surface area (Å²) in [5, 5.41) is 7.33. The van der Waals surface area contributed by atoms with Crippen molar-refractivity contribution in [2.24, 2.45) is 0 Å². The van der Waals surface area contributed by atoms with Gasteiger partial charge in [0.25, 0.3) is 0 Å². The van der Waals surface area contributed by atoms with Gasteiger partial charge >= 0.3 is 0 Å². The number of rotatable bonds is 2. The van der Waals surface area contributed by atoms with Gasteiger partial charge in [-0.2, -0.15) is 5.10 Å². The number of hydrogen-bond acceptors (Lipinski definition) is 3. The number of aromatic amines is 1. The van der Waals surface area contributed by atoms with Gasteiger partial charge in [-0.15, -0.1) is 0 Å². The van der Waals surface area contributed by atoms with Crippen molar-refractivity contribution in [1.82, 2.24) is 15.2 Å². The fourth-order valence-corrected chi connectivity index (χ4v) is 2.05. The summed E-state index contributed by atoms with van der Waals surface area (Å²) in [6.07, 6.45) is 2.45. The topological polar surface area (TPSA) is 67.6 Å². The summed E-state index contributed by atoms with van der Waals surface area (Å²) in [6.45, 7) is 4.14. The van der Waals surface area contributed by atoms with Gasteiger partial charge in [-0.3, -0.25) is 5.10 Å². The van der Waals surface area contributed by atoms with Crippen molar-refractivity contribution in [3.05, 3.63) is 29.1 Å². The van der Waals surface area contributed by atoms with Gasteiger partial charge in [-0.05, 0) is 49.9 Å². The van der Waals surface area contributed by atoms with Crippen LogP contribution in [-0.4, -0.2) is 15.2 Å². The van der Waals surface area contributed by atoms with Gasteiger partial charge < -0.3 is 5.73 Å². The Kier molecular flexibility index (Phi) is 2.18. The van der Waals surface area contributed by atoms with Gasteiger partial charge in [-0.1, -0.05) is 0 Å². The third-order valence-corrected chi connectivity index (χ3v) is 3.40. The minimum Gasteiger partial charge on any atom is -0.399 e. The molecule has 0 aliphatic heterocycles. The van der Waals surface area contributed by atoms with E-state index in [1.54, 1.807) is 0 Å². The predicted octanol–water partition coefficient (Wildman–Crippen LogP) is 2.55.